The average Bonchev–Trinajstić information content (AvgIpc) is 1.63. The standard InChI is InChI=1S/C5H11F2NO/c1-4(2-3-8)9-5(6)7/h4-5H,2-3,8H2,1H3/t4-/m0/s1. The van der Waals surface area contributed by atoms with Crippen LogP contribution in [0.5, 0.6) is 0 Å². The molecule has 1 atom stereocenters. The number of ether oxygens (including phenoxy) is 1. The highest BCUT2D eigenvalue weighted by Gasteiger charge is 2.07. The Morgan fingerprint density at radius 1 is 1.56 bits per heavy atom. The second kappa shape index (κ2) is 4.64. The Balaban J connectivity index is 3.15. The summed E-state index contributed by atoms with van der Waals surface area (Å²) in [5.41, 5.74) is 5.08. The molecular weight excluding hydrogens is 128 g/mol. The Bertz CT molecular complexity index is 70.0. The van der Waals surface area contributed by atoms with Crippen molar-refractivity contribution >= 4 is 0 Å². The summed E-state index contributed by atoms with van der Waals surface area (Å²) in [6.07, 6.45) is 0.0413. The van der Waals surface area contributed by atoms with Gasteiger partial charge in [-0.25, -0.2) is 0 Å². The van der Waals surface area contributed by atoms with E-state index in [-0.39, 0.29) is 0 Å². The lowest BCUT2D eigenvalue weighted by atomic mass is 10.3. The molecule has 0 spiro atoms. The maximum atomic E-state index is 11.3. The molecule has 0 fully saturated rings. The zero-order chi connectivity index (χ0) is 7.28. The smallest absolute Gasteiger partial charge is 0.330 e. The minimum atomic E-state index is -2.67. The zero-order valence-corrected chi connectivity index (χ0v) is 5.31. The lowest BCUT2D eigenvalue weighted by Crippen LogP contribution is -2.16. The highest BCUT2D eigenvalue weighted by molar-refractivity contribution is 4.48. The molecule has 2 nitrogen and oxygen atoms in total. The third kappa shape index (κ3) is 5.65. The van der Waals surface area contributed by atoms with E-state index in [0.29, 0.717) is 13.0 Å². The molecule has 0 rings (SSSR count). The van der Waals surface area contributed by atoms with Gasteiger partial charge in [0, 0.05) is 0 Å². The second-order valence-electron chi connectivity index (χ2n) is 1.78. The van der Waals surface area contributed by atoms with Crippen LogP contribution >= 0.6 is 0 Å². The summed E-state index contributed by atoms with van der Waals surface area (Å²) < 4.78 is 26.8. The highest BCUT2D eigenvalue weighted by Crippen LogP contribution is 2.02. The molecule has 0 aliphatic carbocycles. The molecular formula is C5H11F2NO. The van der Waals surface area contributed by atoms with Gasteiger partial charge in [-0.2, -0.15) is 8.78 Å². The van der Waals surface area contributed by atoms with E-state index >= 15 is 0 Å². The molecule has 9 heavy (non-hydrogen) atoms. The number of halogens is 2. The van der Waals surface area contributed by atoms with Crippen LogP contribution in [0.15, 0.2) is 0 Å². The molecule has 0 aromatic rings. The first-order chi connectivity index (χ1) is 4.16. The lowest BCUT2D eigenvalue weighted by molar-refractivity contribution is -0.158. The van der Waals surface area contributed by atoms with E-state index in [1.807, 2.05) is 0 Å². The average molecular weight is 139 g/mol. The molecule has 0 saturated heterocycles. The van der Waals surface area contributed by atoms with Gasteiger partial charge in [0.1, 0.15) is 0 Å². The van der Waals surface area contributed by atoms with E-state index in [0.717, 1.165) is 0 Å². The molecule has 0 unspecified atom stereocenters. The van der Waals surface area contributed by atoms with Gasteiger partial charge in [-0.15, -0.1) is 0 Å². The summed E-state index contributed by atoms with van der Waals surface area (Å²) in [7, 11) is 0. The van der Waals surface area contributed by atoms with Crippen molar-refractivity contribution in [2.24, 2.45) is 5.73 Å². The largest absolute Gasteiger partial charge is 0.345 e. The first-order valence-corrected chi connectivity index (χ1v) is 2.80. The van der Waals surface area contributed by atoms with Crippen molar-refractivity contribution in [3.8, 4) is 0 Å². The van der Waals surface area contributed by atoms with Gasteiger partial charge in [0.25, 0.3) is 0 Å². The normalized spacial score (nSPS) is 14.3. The molecule has 0 aromatic carbocycles. The number of alkyl halides is 2. The molecule has 0 bridgehead atoms. The monoisotopic (exact) mass is 139 g/mol. The zero-order valence-electron chi connectivity index (χ0n) is 5.31. The van der Waals surface area contributed by atoms with Crippen molar-refractivity contribution < 1.29 is 13.5 Å². The Hall–Kier alpha value is -0.220. The Kier molecular flexibility index (Phi) is 4.53. The first kappa shape index (κ1) is 8.78. The molecule has 0 amide bonds. The van der Waals surface area contributed by atoms with Gasteiger partial charge in [0.15, 0.2) is 0 Å². The molecule has 56 valence electrons. The third-order valence-electron chi connectivity index (χ3n) is 0.908. The minimum Gasteiger partial charge on any atom is -0.330 e. The van der Waals surface area contributed by atoms with Gasteiger partial charge in [-0.05, 0) is 19.9 Å². The summed E-state index contributed by atoms with van der Waals surface area (Å²) in [4.78, 5) is 0. The quantitative estimate of drug-likeness (QED) is 0.629. The third-order valence-corrected chi connectivity index (χ3v) is 0.908. The molecule has 0 radical (unpaired) electrons. The van der Waals surface area contributed by atoms with Crippen LogP contribution in [0, 0.1) is 0 Å². The maximum absolute atomic E-state index is 11.3. The topological polar surface area (TPSA) is 35.2 Å². The molecule has 4 heteroatoms. The second-order valence-corrected chi connectivity index (χ2v) is 1.78. The van der Waals surface area contributed by atoms with Crippen molar-refractivity contribution in [1.29, 1.82) is 0 Å². The highest BCUT2D eigenvalue weighted by atomic mass is 19.3. The fraction of sp³-hybridized carbons (Fsp3) is 1.00. The molecule has 0 aromatic heterocycles. The Labute approximate surface area is 53.0 Å². The van der Waals surface area contributed by atoms with Gasteiger partial charge in [0.2, 0.25) is 0 Å². The summed E-state index contributed by atoms with van der Waals surface area (Å²) in [5.74, 6) is 0. The van der Waals surface area contributed by atoms with Crippen LogP contribution < -0.4 is 5.73 Å². The van der Waals surface area contributed by atoms with E-state index in [1.54, 1.807) is 6.92 Å². The van der Waals surface area contributed by atoms with E-state index in [4.69, 9.17) is 5.73 Å². The van der Waals surface area contributed by atoms with Gasteiger partial charge >= 0.3 is 6.61 Å². The molecule has 0 aliphatic heterocycles. The number of rotatable bonds is 4. The van der Waals surface area contributed by atoms with Crippen molar-refractivity contribution in [3.05, 3.63) is 0 Å². The van der Waals surface area contributed by atoms with Crippen LogP contribution in [0.4, 0.5) is 8.78 Å². The van der Waals surface area contributed by atoms with Crippen LogP contribution in [0.3, 0.4) is 0 Å². The van der Waals surface area contributed by atoms with Gasteiger partial charge in [0.05, 0.1) is 6.10 Å². The van der Waals surface area contributed by atoms with Crippen LogP contribution in [-0.2, 0) is 4.74 Å². The number of nitrogens with two attached hydrogens (primary N) is 1. The predicted molar refractivity (Wildman–Crippen MR) is 30.2 cm³/mol. The van der Waals surface area contributed by atoms with E-state index in [2.05, 4.69) is 4.74 Å². The van der Waals surface area contributed by atoms with Gasteiger partial charge in [-0.3, -0.25) is 0 Å². The van der Waals surface area contributed by atoms with Crippen molar-refractivity contribution in [2.75, 3.05) is 6.54 Å². The summed E-state index contributed by atoms with van der Waals surface area (Å²) in [5, 5.41) is 0. The summed E-state index contributed by atoms with van der Waals surface area (Å²) in [6.45, 7) is -0.723. The fourth-order valence-electron chi connectivity index (χ4n) is 0.478. The summed E-state index contributed by atoms with van der Waals surface area (Å²) in [6, 6.07) is 0. The fourth-order valence-corrected chi connectivity index (χ4v) is 0.478. The Morgan fingerprint density at radius 3 is 2.44 bits per heavy atom. The van der Waals surface area contributed by atoms with Crippen molar-refractivity contribution in [1.82, 2.24) is 0 Å². The minimum absolute atomic E-state index is 0.383. The molecule has 0 aliphatic rings. The van der Waals surface area contributed by atoms with E-state index in [9.17, 15) is 8.78 Å². The first-order valence-electron chi connectivity index (χ1n) is 2.80. The predicted octanol–water partition coefficient (Wildman–Crippen LogP) is 0.963. The molecule has 0 heterocycles. The van der Waals surface area contributed by atoms with Crippen LogP contribution in [0.1, 0.15) is 13.3 Å². The maximum Gasteiger partial charge on any atom is 0.345 e. The van der Waals surface area contributed by atoms with Gasteiger partial charge in [-0.1, -0.05) is 0 Å². The van der Waals surface area contributed by atoms with E-state index < -0.39 is 12.7 Å². The Morgan fingerprint density at radius 2 is 2.11 bits per heavy atom. The van der Waals surface area contributed by atoms with Crippen molar-refractivity contribution in [3.63, 3.8) is 0 Å². The molecule has 2 N–H and O–H groups in total. The molecule has 0 saturated carbocycles. The van der Waals surface area contributed by atoms with Crippen LogP contribution in [0.25, 0.3) is 0 Å². The lowest BCUT2D eigenvalue weighted by Gasteiger charge is -2.09. The van der Waals surface area contributed by atoms with Crippen LogP contribution in [-0.4, -0.2) is 19.3 Å². The number of hydrogen-bond donors (Lipinski definition) is 1. The summed E-state index contributed by atoms with van der Waals surface area (Å²) >= 11 is 0. The SMILES string of the molecule is C[C@@H](CCN)OC(F)F. The number of hydrogen-bond acceptors (Lipinski definition) is 2. The van der Waals surface area contributed by atoms with Gasteiger partial charge < -0.3 is 10.5 Å². The van der Waals surface area contributed by atoms with Crippen LogP contribution in [0.2, 0.25) is 0 Å². The van der Waals surface area contributed by atoms with E-state index in [1.165, 1.54) is 0 Å². The van der Waals surface area contributed by atoms with Crippen molar-refractivity contribution in [2.45, 2.75) is 26.1 Å².